The molecule has 100 valence electrons. The van der Waals surface area contributed by atoms with Crippen molar-refractivity contribution in [3.63, 3.8) is 0 Å². The van der Waals surface area contributed by atoms with Crippen LogP contribution in [0.1, 0.15) is 12.0 Å². The summed E-state index contributed by atoms with van der Waals surface area (Å²) in [7, 11) is 0. The highest BCUT2D eigenvalue weighted by Crippen LogP contribution is 2.21. The van der Waals surface area contributed by atoms with Crippen LogP contribution in [0.2, 0.25) is 0 Å². The van der Waals surface area contributed by atoms with E-state index < -0.39 is 5.97 Å². The Morgan fingerprint density at radius 1 is 1.56 bits per heavy atom. The molecule has 0 aromatic heterocycles. The molecule has 0 aliphatic carbocycles. The van der Waals surface area contributed by atoms with E-state index in [1.807, 2.05) is 0 Å². The fraction of sp³-hybridized carbons (Fsp3) is 0.417. The van der Waals surface area contributed by atoms with Crippen molar-refractivity contribution in [2.75, 3.05) is 13.1 Å². The molecule has 1 aromatic rings. The molecule has 3 nitrogen and oxygen atoms in total. The van der Waals surface area contributed by atoms with Crippen LogP contribution in [0.15, 0.2) is 22.7 Å². The quantitative estimate of drug-likeness (QED) is 0.921. The molecule has 1 fully saturated rings. The summed E-state index contributed by atoms with van der Waals surface area (Å²) in [6.07, 6.45) is 0.692. The van der Waals surface area contributed by atoms with E-state index >= 15 is 0 Å². The van der Waals surface area contributed by atoms with Crippen LogP contribution in [0.5, 0.6) is 0 Å². The van der Waals surface area contributed by atoms with Crippen molar-refractivity contribution in [2.24, 2.45) is 5.92 Å². The van der Waals surface area contributed by atoms with Gasteiger partial charge in [0.05, 0.1) is 10.4 Å². The van der Waals surface area contributed by atoms with Gasteiger partial charge in [-0.1, -0.05) is 6.07 Å². The Balaban J connectivity index is 0.00000162. The van der Waals surface area contributed by atoms with Gasteiger partial charge < -0.3 is 5.11 Å². The topological polar surface area (TPSA) is 40.5 Å². The molecule has 0 saturated carbocycles. The maximum absolute atomic E-state index is 13.0. The fourth-order valence-electron chi connectivity index (χ4n) is 2.07. The molecule has 1 heterocycles. The average molecular weight is 339 g/mol. The normalized spacial score (nSPS) is 19.6. The number of benzene rings is 1. The van der Waals surface area contributed by atoms with Gasteiger partial charge in [0.2, 0.25) is 0 Å². The van der Waals surface area contributed by atoms with Crippen LogP contribution >= 0.6 is 28.3 Å². The van der Waals surface area contributed by atoms with Crippen molar-refractivity contribution >= 4 is 34.3 Å². The van der Waals surface area contributed by atoms with Gasteiger partial charge >= 0.3 is 5.97 Å². The van der Waals surface area contributed by atoms with Gasteiger partial charge in [-0.25, -0.2) is 4.39 Å². The molecule has 0 radical (unpaired) electrons. The Kier molecular flexibility index (Phi) is 5.56. The first-order chi connectivity index (χ1) is 8.06. The fourth-order valence-corrected chi connectivity index (χ4v) is 2.50. The van der Waals surface area contributed by atoms with E-state index in [1.54, 1.807) is 12.1 Å². The van der Waals surface area contributed by atoms with Gasteiger partial charge in [0.15, 0.2) is 0 Å². The summed E-state index contributed by atoms with van der Waals surface area (Å²) in [5.41, 5.74) is 0.990. The maximum atomic E-state index is 13.0. The highest BCUT2D eigenvalue weighted by molar-refractivity contribution is 9.10. The third-order valence-corrected chi connectivity index (χ3v) is 3.62. The Morgan fingerprint density at radius 3 is 2.83 bits per heavy atom. The van der Waals surface area contributed by atoms with Gasteiger partial charge in [-0.2, -0.15) is 0 Å². The number of rotatable bonds is 3. The van der Waals surface area contributed by atoms with Crippen molar-refractivity contribution in [1.29, 1.82) is 0 Å². The van der Waals surface area contributed by atoms with Crippen molar-refractivity contribution in [3.05, 3.63) is 34.1 Å². The van der Waals surface area contributed by atoms with Crippen LogP contribution in [0.25, 0.3) is 0 Å². The second-order valence-corrected chi connectivity index (χ2v) is 5.16. The summed E-state index contributed by atoms with van der Waals surface area (Å²) >= 11 is 3.14. The third-order valence-electron chi connectivity index (χ3n) is 3.01. The number of carboxylic acids is 1. The minimum absolute atomic E-state index is 0. The van der Waals surface area contributed by atoms with E-state index in [0.717, 1.165) is 12.1 Å². The summed E-state index contributed by atoms with van der Waals surface area (Å²) in [6.45, 7) is 2.03. The maximum Gasteiger partial charge on any atom is 0.307 e. The molecular weight excluding hydrogens is 324 g/mol. The van der Waals surface area contributed by atoms with Crippen molar-refractivity contribution in [3.8, 4) is 0 Å². The van der Waals surface area contributed by atoms with E-state index in [0.29, 0.717) is 24.0 Å². The number of likely N-dealkylation sites (tertiary alicyclic amines) is 1. The number of halogens is 3. The molecule has 1 N–H and O–H groups in total. The first-order valence-electron chi connectivity index (χ1n) is 5.45. The van der Waals surface area contributed by atoms with Crippen molar-refractivity contribution in [1.82, 2.24) is 4.90 Å². The van der Waals surface area contributed by atoms with Crippen LogP contribution < -0.4 is 0 Å². The van der Waals surface area contributed by atoms with Gasteiger partial charge in [0.1, 0.15) is 5.82 Å². The summed E-state index contributed by atoms with van der Waals surface area (Å²) in [5, 5.41) is 8.89. The standard InChI is InChI=1S/C12H13BrFNO2.ClH/c13-10-5-8(1-2-11(10)14)6-15-4-3-9(7-15)12(16)17;/h1-2,5,9H,3-4,6-7H2,(H,16,17);1H. The molecule has 1 aromatic carbocycles. The van der Waals surface area contributed by atoms with E-state index in [9.17, 15) is 9.18 Å². The highest BCUT2D eigenvalue weighted by Gasteiger charge is 2.27. The number of hydrogen-bond acceptors (Lipinski definition) is 2. The lowest BCUT2D eigenvalue weighted by atomic mass is 10.1. The molecule has 0 bridgehead atoms. The average Bonchev–Trinajstić information content (AvgIpc) is 2.72. The lowest BCUT2D eigenvalue weighted by Gasteiger charge is -2.15. The Morgan fingerprint density at radius 2 is 2.28 bits per heavy atom. The van der Waals surface area contributed by atoms with E-state index in [1.165, 1.54) is 6.07 Å². The van der Waals surface area contributed by atoms with Crippen LogP contribution in [0.3, 0.4) is 0 Å². The molecule has 1 unspecified atom stereocenters. The lowest BCUT2D eigenvalue weighted by Crippen LogP contribution is -2.22. The van der Waals surface area contributed by atoms with Crippen molar-refractivity contribution in [2.45, 2.75) is 13.0 Å². The Bertz CT molecular complexity index is 444. The third kappa shape index (κ3) is 3.67. The van der Waals surface area contributed by atoms with Crippen molar-refractivity contribution < 1.29 is 14.3 Å². The predicted octanol–water partition coefficient (Wildman–Crippen LogP) is 2.92. The first kappa shape index (κ1) is 15.4. The summed E-state index contributed by atoms with van der Waals surface area (Å²) in [6, 6.07) is 4.89. The smallest absolute Gasteiger partial charge is 0.307 e. The zero-order valence-electron chi connectivity index (χ0n) is 9.60. The van der Waals surface area contributed by atoms with Crippen LogP contribution in [-0.4, -0.2) is 29.1 Å². The SMILES string of the molecule is Cl.O=C(O)C1CCN(Cc2ccc(F)c(Br)c2)C1. The Hall–Kier alpha value is -0.650. The highest BCUT2D eigenvalue weighted by atomic mass is 79.9. The van der Waals surface area contributed by atoms with Crippen LogP contribution in [-0.2, 0) is 11.3 Å². The molecule has 6 heteroatoms. The van der Waals surface area contributed by atoms with Gasteiger partial charge in [-0.15, -0.1) is 12.4 Å². The van der Waals surface area contributed by atoms with E-state index in [-0.39, 0.29) is 24.1 Å². The zero-order valence-corrected chi connectivity index (χ0v) is 12.0. The Labute approximate surface area is 120 Å². The molecule has 1 aliphatic rings. The number of carboxylic acid groups (broad SMARTS) is 1. The van der Waals surface area contributed by atoms with Gasteiger partial charge in [0.25, 0.3) is 0 Å². The molecule has 1 atom stereocenters. The first-order valence-corrected chi connectivity index (χ1v) is 6.24. The van der Waals surface area contributed by atoms with Gasteiger partial charge in [-0.3, -0.25) is 9.69 Å². The minimum Gasteiger partial charge on any atom is -0.481 e. The molecule has 2 rings (SSSR count). The van der Waals surface area contributed by atoms with E-state index in [2.05, 4.69) is 20.8 Å². The minimum atomic E-state index is -0.729. The van der Waals surface area contributed by atoms with Gasteiger partial charge in [-0.05, 0) is 46.6 Å². The molecular formula is C12H14BrClFNO2. The van der Waals surface area contributed by atoms with Crippen LogP contribution in [0, 0.1) is 11.7 Å². The zero-order chi connectivity index (χ0) is 12.4. The number of carbonyl (C=O) groups is 1. The molecule has 1 aliphatic heterocycles. The largest absolute Gasteiger partial charge is 0.481 e. The lowest BCUT2D eigenvalue weighted by molar-refractivity contribution is -0.141. The molecule has 18 heavy (non-hydrogen) atoms. The summed E-state index contributed by atoms with van der Waals surface area (Å²) in [4.78, 5) is 12.9. The van der Waals surface area contributed by atoms with E-state index in [4.69, 9.17) is 5.11 Å². The predicted molar refractivity (Wildman–Crippen MR) is 72.4 cm³/mol. The van der Waals surface area contributed by atoms with Crippen LogP contribution in [0.4, 0.5) is 4.39 Å². The number of hydrogen-bond donors (Lipinski definition) is 1. The number of nitrogens with zero attached hydrogens (tertiary/aromatic N) is 1. The molecule has 0 amide bonds. The summed E-state index contributed by atoms with van der Waals surface area (Å²) in [5.74, 6) is -1.27. The second-order valence-electron chi connectivity index (χ2n) is 4.31. The monoisotopic (exact) mass is 337 g/mol. The summed E-state index contributed by atoms with van der Waals surface area (Å²) < 4.78 is 13.5. The van der Waals surface area contributed by atoms with Gasteiger partial charge in [0, 0.05) is 13.1 Å². The molecule has 1 saturated heterocycles. The molecule has 0 spiro atoms. The second kappa shape index (κ2) is 6.50. The number of aliphatic carboxylic acids is 1.